The lowest BCUT2D eigenvalue weighted by Gasteiger charge is -2.57. The molecule has 0 aliphatic carbocycles. The Morgan fingerprint density at radius 3 is 1.24 bits per heavy atom. The van der Waals surface area contributed by atoms with Crippen molar-refractivity contribution in [3.8, 4) is 0 Å². The topological polar surface area (TPSA) is 37.4 Å². The third kappa shape index (κ3) is 20.2. The molecular formula is C25H24B51ClF2NO2S. The zero-order valence-electron chi connectivity index (χ0n) is 47.4. The van der Waals surface area contributed by atoms with Crippen molar-refractivity contribution in [2.24, 2.45) is 0 Å². The first-order valence-corrected chi connectivity index (χ1v) is 29.0. The van der Waals surface area contributed by atoms with Crippen LogP contribution in [0, 0.1) is 25.5 Å². The largest absolute Gasteiger partial charge is 0.264 e. The average molecular weight is 1030 g/mol. The summed E-state index contributed by atoms with van der Waals surface area (Å²) < 4.78 is 57.5. The summed E-state index contributed by atoms with van der Waals surface area (Å²) in [5, 5.41) is 0.312. The lowest BCUT2D eigenvalue weighted by Crippen LogP contribution is -2.95. The van der Waals surface area contributed by atoms with Crippen molar-refractivity contribution >= 4 is 389 Å². The van der Waals surface area contributed by atoms with Crippen LogP contribution in [0.25, 0.3) is 0 Å². The summed E-state index contributed by atoms with van der Waals surface area (Å²) in [6.45, 7) is 3.66. The number of anilines is 1. The molecule has 0 spiro atoms. The minimum atomic E-state index is -3.96. The van der Waals surface area contributed by atoms with Crippen LogP contribution in [0.5, 0.6) is 0 Å². The van der Waals surface area contributed by atoms with Gasteiger partial charge in [-0.2, -0.15) is 0 Å². The van der Waals surface area contributed by atoms with Gasteiger partial charge >= 0.3 is 0 Å². The maximum absolute atomic E-state index is 14.3. The summed E-state index contributed by atoms with van der Waals surface area (Å²) in [5.74, 6) is -0.905. The molecule has 58 heteroatoms. The Hall–Kier alpha value is 0.872. The number of sulfonamides is 1. The van der Waals surface area contributed by atoms with Crippen LogP contribution >= 0.6 is 11.6 Å². The van der Waals surface area contributed by atoms with Gasteiger partial charge in [-0.1, -0.05) is 41.4 Å². The molecule has 0 bridgehead atoms. The number of hydrogen-bond donors (Lipinski definition) is 0. The first-order valence-electron chi connectivity index (χ1n) is 27.2. The first-order chi connectivity index (χ1) is 38.4. The van der Waals surface area contributed by atoms with E-state index in [4.69, 9.17) is 213 Å². The maximum Gasteiger partial charge on any atom is 0.264 e. The summed E-state index contributed by atoms with van der Waals surface area (Å²) in [6, 6.07) is 13.5. The number of benzene rings is 3. The molecular weight excluding hydrogens is 1000 g/mol. The van der Waals surface area contributed by atoms with Gasteiger partial charge in [-0.3, -0.25) is 4.31 Å². The monoisotopic (exact) mass is 1040 g/mol. The third-order valence-electron chi connectivity index (χ3n) is 16.4. The zero-order valence-corrected chi connectivity index (χ0v) is 48.9. The van der Waals surface area contributed by atoms with Crippen LogP contribution < -0.4 is 4.31 Å². The van der Waals surface area contributed by atoms with Crippen LogP contribution in [0.2, 0.25) is 5.02 Å². The number of rotatable bonds is 29. The Morgan fingerprint density at radius 2 is 0.880 bits per heavy atom. The molecule has 0 saturated carbocycles. The average Bonchev–Trinajstić information content (AvgIpc) is 3.33. The predicted molar refractivity (Wildman–Crippen MR) is 417 cm³/mol. The fourth-order valence-corrected chi connectivity index (χ4v) is 15.1. The van der Waals surface area contributed by atoms with Crippen LogP contribution in [0.3, 0.4) is 0 Å². The second-order valence-corrected chi connectivity index (χ2v) is 24.6. The van der Waals surface area contributed by atoms with Crippen molar-refractivity contribution in [1.29, 1.82) is 0 Å². The Kier molecular flexibility index (Phi) is 33.0. The molecule has 83 heavy (non-hydrogen) atoms. The first kappa shape index (κ1) is 78.1. The highest BCUT2D eigenvalue weighted by molar-refractivity contribution is 8.35. The second kappa shape index (κ2) is 35.1. The van der Waals surface area contributed by atoms with Gasteiger partial charge < -0.3 is 0 Å². The van der Waals surface area contributed by atoms with E-state index in [1.54, 1.807) is 37.3 Å². The van der Waals surface area contributed by atoms with Crippen molar-refractivity contribution < 1.29 is 17.2 Å². The lowest BCUT2D eigenvalue weighted by atomic mass is 8.24. The van der Waals surface area contributed by atoms with Crippen molar-refractivity contribution in [1.82, 2.24) is 0 Å². The molecule has 0 amide bonds. The van der Waals surface area contributed by atoms with Crippen molar-refractivity contribution in [2.75, 3.05) is 4.31 Å². The molecule has 321 valence electrons. The van der Waals surface area contributed by atoms with E-state index in [1.165, 1.54) is 22.5 Å². The number of hydrogen-bond acceptors (Lipinski definition) is 2. The number of nitrogens with zero attached hydrogens (tertiary/aromatic N) is 1. The van der Waals surface area contributed by atoms with Crippen LogP contribution in [-0.4, -0.2) is 376 Å². The summed E-state index contributed by atoms with van der Waals surface area (Å²) in [7, 11) is 165. The van der Waals surface area contributed by atoms with Gasteiger partial charge in [0.05, 0.1) is 10.6 Å². The molecule has 53 radical (unpaired) electrons. The summed E-state index contributed by atoms with van der Waals surface area (Å²) in [5.41, 5.74) is 3.21. The molecule has 1 aliphatic rings. The zero-order chi connectivity index (χ0) is 63.6. The highest BCUT2D eigenvalue weighted by Gasteiger charge is 2.60. The van der Waals surface area contributed by atoms with Crippen molar-refractivity contribution in [3.63, 3.8) is 0 Å². The van der Waals surface area contributed by atoms with Crippen LogP contribution in [-0.2, 0) is 22.9 Å². The minimum absolute atomic E-state index is 0.197. The van der Waals surface area contributed by atoms with Gasteiger partial charge in [-0.15, -0.1) is 0 Å². The van der Waals surface area contributed by atoms with Gasteiger partial charge in [0.2, 0.25) is 0 Å². The van der Waals surface area contributed by atoms with Gasteiger partial charge in [0.15, 0.2) is 0 Å². The molecule has 1 heterocycles. The fraction of sp³-hybridized carbons (Fsp3) is 0.280. The molecule has 1 atom stereocenters. The highest BCUT2D eigenvalue weighted by Crippen LogP contribution is 2.38. The molecule has 3 aromatic carbocycles. The van der Waals surface area contributed by atoms with E-state index < -0.39 is 181 Å². The fourth-order valence-electron chi connectivity index (χ4n) is 13.0. The van der Waals surface area contributed by atoms with E-state index in [0.29, 0.717) is 47.5 Å². The normalized spacial score (nSPS) is 12.2. The molecule has 3 nitrogen and oxygen atoms in total. The number of fused-ring (bicyclic) bond motifs is 1. The smallest absolute Gasteiger partial charge is 0.263 e. The molecule has 1 aliphatic heterocycles. The number of halogens is 3. The lowest BCUT2D eigenvalue weighted by molar-refractivity contribution is 0.515. The summed E-state index contributed by atoms with van der Waals surface area (Å²) in [4.78, 5) is 0.197. The Bertz CT molecular complexity index is 2440. The van der Waals surface area contributed by atoms with Gasteiger partial charge in [0.25, 0.3) is 10.0 Å². The van der Waals surface area contributed by atoms with Crippen LogP contribution in [0.1, 0.15) is 35.1 Å². The van der Waals surface area contributed by atoms with E-state index in [-0.39, 0.29) is 4.90 Å². The molecule has 4 rings (SSSR count). The van der Waals surface area contributed by atoms with Gasteiger partial charge in [-0.05, 0) is 86.6 Å². The molecule has 1 unspecified atom stereocenters. The molecule has 0 saturated heterocycles. The quantitative estimate of drug-likeness (QED) is 0.0650. The van der Waals surface area contributed by atoms with Crippen LogP contribution in [0.15, 0.2) is 59.5 Å². The van der Waals surface area contributed by atoms with E-state index in [2.05, 4.69) is 0 Å². The molecule has 0 fully saturated rings. The van der Waals surface area contributed by atoms with Gasteiger partial charge in [0.1, 0.15) is 11.6 Å². The van der Waals surface area contributed by atoms with Gasteiger partial charge in [-0.25, -0.2) is 17.2 Å². The van der Waals surface area contributed by atoms with E-state index >= 15 is 0 Å². The van der Waals surface area contributed by atoms with Gasteiger partial charge in [0, 0.05) is 373 Å². The summed E-state index contributed by atoms with van der Waals surface area (Å²) in [6.07, 6.45) is -28.7. The van der Waals surface area contributed by atoms with E-state index in [9.17, 15) is 17.2 Å². The van der Waals surface area contributed by atoms with Crippen molar-refractivity contribution in [3.05, 3.63) is 93.5 Å². The summed E-state index contributed by atoms with van der Waals surface area (Å²) >= 11 is 5.85. The second-order valence-electron chi connectivity index (χ2n) is 22.4. The third-order valence-corrected chi connectivity index (χ3v) is 18.7. The Labute approximate surface area is 549 Å². The van der Waals surface area contributed by atoms with E-state index in [0.717, 1.165) is 18.2 Å². The minimum Gasteiger partial charge on any atom is -0.263 e. The maximum atomic E-state index is 14.3. The Balaban J connectivity index is 0.000000478. The number of aryl methyl sites for hydroxylation is 4. The SMILES string of the molecule is Cc1ccc(S(=O)(=O)N2c3cc(F)ccc3CCC2CCc2ccc(Cl)cc2F)c(C)c1.[B][B]B([B])B(B(B([B])[B])B([B])[B])B(B(B([B])[B])B([B])[B])B(B(B(B([B])[B])B([B])[B])B(B([B])[B])B([B])[B])B(B(B([B])[B])B([B])[B])B(B([B])[B])B([B])[B]. The molecule has 3 aromatic rings. The predicted octanol–water partition coefficient (Wildman–Crippen LogP) is -13.0. The Morgan fingerprint density at radius 1 is 0.506 bits per heavy atom. The highest BCUT2D eigenvalue weighted by atomic mass is 35.5. The van der Waals surface area contributed by atoms with Crippen LogP contribution in [0.4, 0.5) is 14.5 Å². The van der Waals surface area contributed by atoms with Crippen molar-refractivity contribution in [2.45, 2.75) is 50.5 Å². The molecule has 0 aromatic heterocycles. The molecule has 0 N–H and O–H groups in total. The standard InChI is InChI=1S/C25H24ClF2NO2S.B51/c1-16-3-12-25(17(2)13-16)32(30,31)29-22(10-6-18-4-8-20(26)14-23(18)28)11-7-19-5-9-21(27)15-24(19)29;1-27-40(26)47(41(28(2)3)29(4)5)50(46(38(22)23)39(24)25)51(48(42(30(6)7)31(8)9)43(32(10)11)33(12)13)49(44(34(14)15)35(16)17)45(36(18)19)37(20)21/h3-5,8-9,12-15,22H,6-7,10-11H2,1-2H3;. The van der Waals surface area contributed by atoms with E-state index in [1.807, 2.05) is 13.0 Å².